The molecule has 34 heavy (non-hydrogen) atoms. The lowest BCUT2D eigenvalue weighted by Gasteiger charge is -2.26. The fraction of sp³-hybridized carbons (Fsp3) is 0.280. The summed E-state index contributed by atoms with van der Waals surface area (Å²) in [5, 5.41) is 2.88. The van der Waals surface area contributed by atoms with E-state index in [2.05, 4.69) is 10.3 Å². The first kappa shape index (κ1) is 23.9. The zero-order valence-electron chi connectivity index (χ0n) is 18.7. The van der Waals surface area contributed by atoms with E-state index in [0.29, 0.717) is 50.8 Å². The van der Waals surface area contributed by atoms with Gasteiger partial charge in [-0.05, 0) is 48.4 Å². The third kappa shape index (κ3) is 6.40. The van der Waals surface area contributed by atoms with Crippen LogP contribution in [-0.2, 0) is 32.6 Å². The molecule has 1 amide bonds. The Morgan fingerprint density at radius 2 is 1.82 bits per heavy atom. The van der Waals surface area contributed by atoms with E-state index in [1.54, 1.807) is 42.6 Å². The van der Waals surface area contributed by atoms with Gasteiger partial charge in [0, 0.05) is 37.5 Å². The number of aromatic nitrogens is 1. The number of hydrogen-bond acceptors (Lipinski definition) is 6. The number of nitrogens with zero attached hydrogens (tertiary/aromatic N) is 2. The minimum Gasteiger partial charge on any atom is -0.487 e. The summed E-state index contributed by atoms with van der Waals surface area (Å²) >= 11 is 0. The third-order valence-corrected chi connectivity index (χ3v) is 7.32. The Hall–Kier alpha value is -3.27. The van der Waals surface area contributed by atoms with Gasteiger partial charge in [0.05, 0.1) is 23.8 Å². The summed E-state index contributed by atoms with van der Waals surface area (Å²) in [5.74, 6) is 0.507. The number of anilines is 1. The molecule has 0 radical (unpaired) electrons. The Bertz CT molecular complexity index is 1190. The molecule has 2 heterocycles. The Morgan fingerprint density at radius 3 is 2.56 bits per heavy atom. The van der Waals surface area contributed by atoms with Crippen LogP contribution < -0.4 is 10.1 Å². The van der Waals surface area contributed by atoms with Crippen LogP contribution in [0.1, 0.15) is 17.7 Å². The minimum atomic E-state index is -3.52. The summed E-state index contributed by atoms with van der Waals surface area (Å²) in [7, 11) is -3.52. The maximum Gasteiger partial charge on any atom is 0.243 e. The largest absolute Gasteiger partial charge is 0.487 e. The molecule has 178 valence electrons. The molecule has 1 aliphatic rings. The maximum atomic E-state index is 12.7. The molecule has 0 bridgehead atoms. The third-order valence-electron chi connectivity index (χ3n) is 5.40. The van der Waals surface area contributed by atoms with Crippen molar-refractivity contribution in [3.05, 3.63) is 84.2 Å². The molecule has 2 aromatic carbocycles. The van der Waals surface area contributed by atoms with Crippen molar-refractivity contribution < 1.29 is 22.7 Å². The number of pyridine rings is 1. The summed E-state index contributed by atoms with van der Waals surface area (Å²) in [4.78, 5) is 16.9. The van der Waals surface area contributed by atoms with Gasteiger partial charge in [-0.1, -0.05) is 24.3 Å². The first-order chi connectivity index (χ1) is 16.5. The van der Waals surface area contributed by atoms with Crippen molar-refractivity contribution in [2.75, 3.05) is 31.6 Å². The smallest absolute Gasteiger partial charge is 0.243 e. The number of rotatable bonds is 9. The van der Waals surface area contributed by atoms with Gasteiger partial charge in [0.1, 0.15) is 12.4 Å². The predicted molar refractivity (Wildman–Crippen MR) is 128 cm³/mol. The van der Waals surface area contributed by atoms with E-state index in [-0.39, 0.29) is 17.2 Å². The second kappa shape index (κ2) is 11.2. The van der Waals surface area contributed by atoms with Crippen molar-refractivity contribution in [1.82, 2.24) is 9.29 Å². The van der Waals surface area contributed by atoms with Crippen LogP contribution in [-0.4, -0.2) is 49.9 Å². The molecule has 1 aromatic heterocycles. The standard InChI is InChI=1S/C25H27N3O5S/c29-25(27-21-5-3-6-23(18-21)33-19-22-4-1-2-13-26-22)12-9-20-7-10-24(11-8-20)34(30,31)28-14-16-32-17-15-28/h1-8,10-11,13,18H,9,12,14-17,19H2,(H,27,29). The molecule has 9 heteroatoms. The summed E-state index contributed by atoms with van der Waals surface area (Å²) < 4.78 is 37.9. The molecule has 4 rings (SSSR count). The first-order valence-electron chi connectivity index (χ1n) is 11.1. The number of ether oxygens (including phenoxy) is 2. The Balaban J connectivity index is 1.27. The summed E-state index contributed by atoms with van der Waals surface area (Å²) in [6, 6.07) is 19.6. The molecule has 0 spiro atoms. The van der Waals surface area contributed by atoms with Crippen LogP contribution in [0.4, 0.5) is 5.69 Å². The lowest BCUT2D eigenvalue weighted by Crippen LogP contribution is -2.40. The zero-order valence-corrected chi connectivity index (χ0v) is 19.5. The Morgan fingerprint density at radius 1 is 1.03 bits per heavy atom. The Labute approximate surface area is 199 Å². The number of hydrogen-bond donors (Lipinski definition) is 1. The number of benzene rings is 2. The lowest BCUT2D eigenvalue weighted by atomic mass is 10.1. The van der Waals surface area contributed by atoms with Crippen LogP contribution in [0, 0.1) is 0 Å². The molecule has 0 aliphatic carbocycles. The topological polar surface area (TPSA) is 97.8 Å². The highest BCUT2D eigenvalue weighted by Gasteiger charge is 2.26. The number of carbonyl (C=O) groups is 1. The number of morpholine rings is 1. The second-order valence-corrected chi connectivity index (χ2v) is 9.78. The molecular weight excluding hydrogens is 454 g/mol. The SMILES string of the molecule is O=C(CCc1ccc(S(=O)(=O)N2CCOCC2)cc1)Nc1cccc(OCc2ccccn2)c1. The van der Waals surface area contributed by atoms with E-state index in [4.69, 9.17) is 9.47 Å². The van der Waals surface area contributed by atoms with E-state index in [1.807, 2.05) is 30.3 Å². The van der Waals surface area contributed by atoms with Gasteiger partial charge in [-0.3, -0.25) is 9.78 Å². The molecule has 1 aliphatic heterocycles. The molecular formula is C25H27N3O5S. The number of nitrogens with one attached hydrogen (secondary N) is 1. The fourth-order valence-corrected chi connectivity index (χ4v) is 4.96. The van der Waals surface area contributed by atoms with Crippen molar-refractivity contribution in [2.45, 2.75) is 24.3 Å². The van der Waals surface area contributed by atoms with Crippen LogP contribution >= 0.6 is 0 Å². The van der Waals surface area contributed by atoms with E-state index in [1.165, 1.54) is 4.31 Å². The van der Waals surface area contributed by atoms with Crippen LogP contribution in [0.5, 0.6) is 5.75 Å². The highest BCUT2D eigenvalue weighted by Crippen LogP contribution is 2.20. The van der Waals surface area contributed by atoms with Crippen molar-refractivity contribution in [3.8, 4) is 5.75 Å². The van der Waals surface area contributed by atoms with Gasteiger partial charge in [0.2, 0.25) is 15.9 Å². The monoisotopic (exact) mass is 481 g/mol. The van der Waals surface area contributed by atoms with Crippen LogP contribution in [0.2, 0.25) is 0 Å². The van der Waals surface area contributed by atoms with Crippen LogP contribution in [0.25, 0.3) is 0 Å². The van der Waals surface area contributed by atoms with E-state index < -0.39 is 10.0 Å². The fourth-order valence-electron chi connectivity index (χ4n) is 3.55. The highest BCUT2D eigenvalue weighted by molar-refractivity contribution is 7.89. The van der Waals surface area contributed by atoms with Gasteiger partial charge in [-0.15, -0.1) is 0 Å². The Kier molecular flexibility index (Phi) is 7.89. The lowest BCUT2D eigenvalue weighted by molar-refractivity contribution is -0.116. The normalized spacial score (nSPS) is 14.5. The quantitative estimate of drug-likeness (QED) is 0.504. The molecule has 1 saturated heterocycles. The van der Waals surface area contributed by atoms with Gasteiger partial charge < -0.3 is 14.8 Å². The second-order valence-electron chi connectivity index (χ2n) is 7.85. The number of carbonyl (C=O) groups excluding carboxylic acids is 1. The van der Waals surface area contributed by atoms with Gasteiger partial charge >= 0.3 is 0 Å². The minimum absolute atomic E-state index is 0.133. The van der Waals surface area contributed by atoms with Crippen molar-refractivity contribution in [2.24, 2.45) is 0 Å². The van der Waals surface area contributed by atoms with Crippen molar-refractivity contribution in [3.63, 3.8) is 0 Å². The van der Waals surface area contributed by atoms with Gasteiger partial charge in [0.15, 0.2) is 0 Å². The van der Waals surface area contributed by atoms with E-state index >= 15 is 0 Å². The molecule has 0 atom stereocenters. The van der Waals surface area contributed by atoms with Gasteiger partial charge in [-0.2, -0.15) is 4.31 Å². The molecule has 8 nitrogen and oxygen atoms in total. The average molecular weight is 482 g/mol. The zero-order chi connectivity index (χ0) is 23.8. The molecule has 1 fully saturated rings. The number of sulfonamides is 1. The van der Waals surface area contributed by atoms with Crippen LogP contribution in [0.15, 0.2) is 77.8 Å². The predicted octanol–water partition coefficient (Wildman–Crippen LogP) is 3.25. The molecule has 0 saturated carbocycles. The summed E-state index contributed by atoms with van der Waals surface area (Å²) in [6.07, 6.45) is 2.49. The average Bonchev–Trinajstić information content (AvgIpc) is 2.88. The summed E-state index contributed by atoms with van der Waals surface area (Å²) in [6.45, 7) is 1.88. The van der Waals surface area contributed by atoms with E-state index in [0.717, 1.165) is 11.3 Å². The number of aryl methyl sites for hydroxylation is 1. The van der Waals surface area contributed by atoms with Crippen molar-refractivity contribution >= 4 is 21.6 Å². The molecule has 1 N–H and O–H groups in total. The summed E-state index contributed by atoms with van der Waals surface area (Å²) in [5.41, 5.74) is 2.36. The van der Waals surface area contributed by atoms with Crippen LogP contribution in [0.3, 0.4) is 0 Å². The maximum absolute atomic E-state index is 12.7. The van der Waals surface area contributed by atoms with Crippen molar-refractivity contribution in [1.29, 1.82) is 0 Å². The molecule has 3 aromatic rings. The number of amides is 1. The van der Waals surface area contributed by atoms with E-state index in [9.17, 15) is 13.2 Å². The van der Waals surface area contributed by atoms with Gasteiger partial charge in [0.25, 0.3) is 0 Å². The first-order valence-corrected chi connectivity index (χ1v) is 12.5. The molecule has 0 unspecified atom stereocenters. The highest BCUT2D eigenvalue weighted by atomic mass is 32.2. The van der Waals surface area contributed by atoms with Gasteiger partial charge in [-0.25, -0.2) is 8.42 Å².